The summed E-state index contributed by atoms with van der Waals surface area (Å²) in [5, 5.41) is 4.80. The fourth-order valence-electron chi connectivity index (χ4n) is 3.96. The Morgan fingerprint density at radius 3 is 2.38 bits per heavy atom. The molecule has 1 aromatic heterocycles. The number of para-hydroxylation sites is 1. The highest BCUT2D eigenvalue weighted by molar-refractivity contribution is 7.92. The van der Waals surface area contributed by atoms with Gasteiger partial charge in [-0.2, -0.15) is 0 Å². The van der Waals surface area contributed by atoms with Crippen LogP contribution in [0, 0.1) is 13.8 Å². The molecule has 6 nitrogen and oxygen atoms in total. The normalized spacial score (nSPS) is 11.6. The Morgan fingerprint density at radius 1 is 0.765 bits per heavy atom. The molecule has 5 rings (SSSR count). The molecule has 0 radical (unpaired) electrons. The molecule has 0 saturated heterocycles. The fraction of sp³-hybridized carbons (Fsp3) is 0.0741. The van der Waals surface area contributed by atoms with Gasteiger partial charge in [-0.15, -0.1) is 0 Å². The number of rotatable bonds is 5. The van der Waals surface area contributed by atoms with E-state index in [2.05, 4.69) is 10.0 Å². The number of nitrogens with one attached hydrogen (secondary N) is 2. The van der Waals surface area contributed by atoms with Crippen molar-refractivity contribution in [3.63, 3.8) is 0 Å². The molecule has 0 aliphatic rings. The first-order valence-electron chi connectivity index (χ1n) is 10.7. The lowest BCUT2D eigenvalue weighted by molar-refractivity contribution is 0.102. The number of anilines is 2. The summed E-state index contributed by atoms with van der Waals surface area (Å²) in [5.41, 5.74) is 4.17. The third-order valence-electron chi connectivity index (χ3n) is 5.65. The number of fused-ring (bicyclic) bond motifs is 3. The first-order chi connectivity index (χ1) is 16.3. The van der Waals surface area contributed by atoms with Gasteiger partial charge in [-0.05, 0) is 67.4 Å². The Labute approximate surface area is 197 Å². The van der Waals surface area contributed by atoms with Crippen LogP contribution in [0.5, 0.6) is 0 Å². The molecule has 1 amide bonds. The average Bonchev–Trinajstić information content (AvgIpc) is 3.16. The maximum atomic E-state index is 13.0. The van der Waals surface area contributed by atoms with E-state index >= 15 is 0 Å². The molecule has 1 heterocycles. The molecule has 34 heavy (non-hydrogen) atoms. The van der Waals surface area contributed by atoms with E-state index < -0.39 is 15.9 Å². The lowest BCUT2D eigenvalue weighted by Crippen LogP contribution is -2.17. The van der Waals surface area contributed by atoms with Crippen molar-refractivity contribution < 1.29 is 17.6 Å². The van der Waals surface area contributed by atoms with Crippen LogP contribution in [0.3, 0.4) is 0 Å². The highest BCUT2D eigenvalue weighted by Crippen LogP contribution is 2.30. The number of hydrogen-bond acceptors (Lipinski definition) is 4. The van der Waals surface area contributed by atoms with Crippen LogP contribution in [0.2, 0.25) is 0 Å². The Bertz CT molecular complexity index is 1670. The number of benzene rings is 4. The van der Waals surface area contributed by atoms with Crippen molar-refractivity contribution in [3.05, 3.63) is 102 Å². The summed E-state index contributed by atoms with van der Waals surface area (Å²) >= 11 is 0. The van der Waals surface area contributed by atoms with Crippen molar-refractivity contribution in [3.8, 4) is 0 Å². The first-order valence-corrected chi connectivity index (χ1v) is 12.2. The molecule has 0 saturated carbocycles. The van der Waals surface area contributed by atoms with E-state index in [-0.39, 0.29) is 10.5 Å². The van der Waals surface area contributed by atoms with E-state index in [4.69, 9.17) is 4.42 Å². The molecule has 5 aromatic rings. The van der Waals surface area contributed by atoms with Crippen molar-refractivity contribution in [2.45, 2.75) is 18.7 Å². The summed E-state index contributed by atoms with van der Waals surface area (Å²) in [5.74, 6) is -0.414. The van der Waals surface area contributed by atoms with Gasteiger partial charge in [0.2, 0.25) is 0 Å². The lowest BCUT2D eigenvalue weighted by atomic mass is 10.1. The number of sulfonamides is 1. The third-order valence-corrected chi connectivity index (χ3v) is 7.17. The Kier molecular flexibility index (Phi) is 5.34. The zero-order valence-electron chi connectivity index (χ0n) is 18.6. The summed E-state index contributed by atoms with van der Waals surface area (Å²) in [6.07, 6.45) is 0. The van der Waals surface area contributed by atoms with Crippen LogP contribution in [-0.2, 0) is 10.0 Å². The number of hydrogen-bond donors (Lipinski definition) is 2. The van der Waals surface area contributed by atoms with Crippen LogP contribution in [-0.4, -0.2) is 14.3 Å². The summed E-state index contributed by atoms with van der Waals surface area (Å²) in [4.78, 5) is 13.0. The van der Waals surface area contributed by atoms with Gasteiger partial charge in [0.05, 0.1) is 4.90 Å². The summed E-state index contributed by atoms with van der Waals surface area (Å²) < 4.78 is 34.6. The van der Waals surface area contributed by atoms with Gasteiger partial charge in [-0.25, -0.2) is 8.42 Å². The third kappa shape index (κ3) is 4.13. The summed E-state index contributed by atoms with van der Waals surface area (Å²) in [6, 6.07) is 24.9. The SMILES string of the molecule is Cc1cccc(NS(=O)(=O)c2cc(C(=O)Nc3ccc4c(c3)oc3ccccc34)ccc2C)c1. The largest absolute Gasteiger partial charge is 0.456 e. The van der Waals surface area contributed by atoms with Crippen LogP contribution < -0.4 is 10.0 Å². The van der Waals surface area contributed by atoms with Crippen LogP contribution in [0.4, 0.5) is 11.4 Å². The van der Waals surface area contributed by atoms with Gasteiger partial charge in [-0.3, -0.25) is 9.52 Å². The van der Waals surface area contributed by atoms with E-state index in [9.17, 15) is 13.2 Å². The quantitative estimate of drug-likeness (QED) is 0.317. The lowest BCUT2D eigenvalue weighted by Gasteiger charge is -2.13. The number of amides is 1. The van der Waals surface area contributed by atoms with Crippen LogP contribution in [0.25, 0.3) is 21.9 Å². The molecule has 7 heteroatoms. The predicted molar refractivity (Wildman–Crippen MR) is 135 cm³/mol. The second-order valence-electron chi connectivity index (χ2n) is 8.22. The van der Waals surface area contributed by atoms with E-state index in [0.717, 1.165) is 21.9 Å². The second-order valence-corrected chi connectivity index (χ2v) is 9.87. The number of carbonyl (C=O) groups excluding carboxylic acids is 1. The summed E-state index contributed by atoms with van der Waals surface area (Å²) in [6.45, 7) is 3.58. The standard InChI is InChI=1S/C27H22N2O4S/c1-17-6-5-7-21(14-17)29-34(31,32)26-15-19(11-10-18(26)2)27(30)28-20-12-13-23-22-8-3-4-9-24(22)33-25(23)16-20/h3-16,29H,1-2H3,(H,28,30). The Balaban J connectivity index is 1.42. The molecule has 0 aliphatic heterocycles. The molecule has 0 aliphatic carbocycles. The maximum absolute atomic E-state index is 13.0. The van der Waals surface area contributed by atoms with Crippen LogP contribution in [0.15, 0.2) is 94.2 Å². The van der Waals surface area contributed by atoms with E-state index in [1.807, 2.05) is 43.3 Å². The molecule has 170 valence electrons. The number of carbonyl (C=O) groups is 1. The number of furan rings is 1. The molecule has 4 aromatic carbocycles. The van der Waals surface area contributed by atoms with Crippen molar-refractivity contribution in [1.82, 2.24) is 0 Å². The van der Waals surface area contributed by atoms with Gasteiger partial charge >= 0.3 is 0 Å². The molecular formula is C27H22N2O4S. The van der Waals surface area contributed by atoms with Gasteiger partial charge < -0.3 is 9.73 Å². The molecule has 0 bridgehead atoms. The fourth-order valence-corrected chi connectivity index (χ4v) is 5.28. The van der Waals surface area contributed by atoms with Crippen LogP contribution >= 0.6 is 0 Å². The molecule has 0 unspecified atom stereocenters. The number of aryl methyl sites for hydroxylation is 2. The zero-order chi connectivity index (χ0) is 23.9. The van der Waals surface area contributed by atoms with Crippen molar-refractivity contribution in [2.24, 2.45) is 0 Å². The van der Waals surface area contributed by atoms with Crippen molar-refractivity contribution in [1.29, 1.82) is 0 Å². The van der Waals surface area contributed by atoms with Gasteiger partial charge in [0.15, 0.2) is 0 Å². The van der Waals surface area contributed by atoms with Crippen molar-refractivity contribution >= 4 is 49.2 Å². The van der Waals surface area contributed by atoms with Crippen LogP contribution in [0.1, 0.15) is 21.5 Å². The highest BCUT2D eigenvalue weighted by atomic mass is 32.2. The maximum Gasteiger partial charge on any atom is 0.262 e. The minimum absolute atomic E-state index is 0.0504. The molecule has 2 N–H and O–H groups in total. The minimum atomic E-state index is -3.88. The molecule has 0 fully saturated rings. The Hall–Kier alpha value is -4.10. The molecular weight excluding hydrogens is 448 g/mol. The topological polar surface area (TPSA) is 88.4 Å². The second kappa shape index (κ2) is 8.35. The average molecular weight is 471 g/mol. The molecule has 0 atom stereocenters. The monoisotopic (exact) mass is 470 g/mol. The Morgan fingerprint density at radius 2 is 1.56 bits per heavy atom. The smallest absolute Gasteiger partial charge is 0.262 e. The van der Waals surface area contributed by atoms with Gasteiger partial charge in [0.25, 0.3) is 15.9 Å². The highest BCUT2D eigenvalue weighted by Gasteiger charge is 2.20. The predicted octanol–water partition coefficient (Wildman–Crippen LogP) is 6.26. The molecule has 0 spiro atoms. The van der Waals surface area contributed by atoms with Gasteiger partial charge in [0, 0.05) is 33.8 Å². The first kappa shape index (κ1) is 21.7. The van der Waals surface area contributed by atoms with E-state index in [1.165, 1.54) is 6.07 Å². The summed E-state index contributed by atoms with van der Waals surface area (Å²) in [7, 11) is -3.88. The minimum Gasteiger partial charge on any atom is -0.456 e. The zero-order valence-corrected chi connectivity index (χ0v) is 19.4. The van der Waals surface area contributed by atoms with Gasteiger partial charge in [-0.1, -0.05) is 36.4 Å². The van der Waals surface area contributed by atoms with Gasteiger partial charge in [0.1, 0.15) is 11.2 Å². The van der Waals surface area contributed by atoms with Crippen molar-refractivity contribution in [2.75, 3.05) is 10.0 Å². The van der Waals surface area contributed by atoms with E-state index in [1.54, 1.807) is 49.4 Å². The van der Waals surface area contributed by atoms with E-state index in [0.29, 0.717) is 22.5 Å².